The molecule has 0 saturated carbocycles. The van der Waals surface area contributed by atoms with E-state index in [0.717, 1.165) is 24.1 Å². The number of sulfonamides is 1. The minimum Gasteiger partial charge on any atom is -0.338 e. The molecule has 3 rings (SSSR count). The molecule has 0 spiro atoms. The van der Waals surface area contributed by atoms with Crippen molar-refractivity contribution in [3.05, 3.63) is 64.7 Å². The monoisotopic (exact) mass is 400 g/mol. The highest BCUT2D eigenvalue weighted by atomic mass is 32.2. The summed E-state index contributed by atoms with van der Waals surface area (Å²) in [5, 5.41) is 0. The first kappa shape index (κ1) is 20.4. The van der Waals surface area contributed by atoms with Crippen LogP contribution in [0.15, 0.2) is 42.5 Å². The van der Waals surface area contributed by atoms with Crippen molar-refractivity contribution < 1.29 is 13.2 Å². The standard InChI is InChI=1S/C22H28N2O3S/c1-17-13-18(2)15-21(14-17)24(28(3,26)27)11-6-9-22(25)23-12-10-19-7-4-5-8-20(19)16-23/h4-5,7-8,13-15H,6,9-12,16H2,1-3H3. The number of rotatable bonds is 6. The minimum atomic E-state index is -3.41. The molecule has 28 heavy (non-hydrogen) atoms. The summed E-state index contributed by atoms with van der Waals surface area (Å²) in [5.74, 6) is 0.0865. The zero-order chi connectivity index (χ0) is 20.3. The molecule has 150 valence electrons. The van der Waals surface area contributed by atoms with Crippen molar-refractivity contribution in [3.63, 3.8) is 0 Å². The maximum absolute atomic E-state index is 12.6. The number of carbonyl (C=O) groups excluding carboxylic acids is 1. The molecule has 0 bridgehead atoms. The van der Waals surface area contributed by atoms with Gasteiger partial charge in [-0.3, -0.25) is 9.10 Å². The fourth-order valence-corrected chi connectivity index (χ4v) is 4.77. The fourth-order valence-electron chi connectivity index (χ4n) is 3.82. The number of aryl methyl sites for hydroxylation is 2. The zero-order valence-electron chi connectivity index (χ0n) is 16.8. The molecule has 2 aromatic carbocycles. The molecule has 0 radical (unpaired) electrons. The van der Waals surface area contributed by atoms with E-state index in [1.165, 1.54) is 21.7 Å². The predicted molar refractivity (Wildman–Crippen MR) is 113 cm³/mol. The van der Waals surface area contributed by atoms with Crippen LogP contribution in [0.4, 0.5) is 5.69 Å². The Hall–Kier alpha value is -2.34. The largest absolute Gasteiger partial charge is 0.338 e. The lowest BCUT2D eigenvalue weighted by Crippen LogP contribution is -2.37. The van der Waals surface area contributed by atoms with Crippen molar-refractivity contribution in [1.29, 1.82) is 0 Å². The van der Waals surface area contributed by atoms with Crippen molar-refractivity contribution in [2.24, 2.45) is 0 Å². The third-order valence-corrected chi connectivity index (χ3v) is 6.32. The van der Waals surface area contributed by atoms with Gasteiger partial charge in [-0.15, -0.1) is 0 Å². The topological polar surface area (TPSA) is 57.7 Å². The Bertz CT molecular complexity index is 949. The van der Waals surface area contributed by atoms with E-state index < -0.39 is 10.0 Å². The molecule has 0 unspecified atom stereocenters. The highest BCUT2D eigenvalue weighted by molar-refractivity contribution is 7.92. The Labute approximate surface area is 168 Å². The molecular formula is C22H28N2O3S. The molecule has 0 saturated heterocycles. The van der Waals surface area contributed by atoms with Gasteiger partial charge in [0.25, 0.3) is 0 Å². The molecule has 0 atom stereocenters. The van der Waals surface area contributed by atoms with Crippen molar-refractivity contribution in [2.45, 2.75) is 39.7 Å². The molecule has 1 heterocycles. The van der Waals surface area contributed by atoms with Crippen LogP contribution in [0.3, 0.4) is 0 Å². The van der Waals surface area contributed by atoms with Gasteiger partial charge in [-0.25, -0.2) is 8.42 Å². The van der Waals surface area contributed by atoms with Gasteiger partial charge in [0, 0.05) is 26.1 Å². The van der Waals surface area contributed by atoms with E-state index >= 15 is 0 Å². The first-order valence-corrected chi connectivity index (χ1v) is 11.5. The van der Waals surface area contributed by atoms with Crippen LogP contribution in [-0.2, 0) is 27.8 Å². The molecule has 1 aliphatic heterocycles. The summed E-state index contributed by atoms with van der Waals surface area (Å²) in [5.41, 5.74) is 5.22. The van der Waals surface area contributed by atoms with Crippen LogP contribution in [0.2, 0.25) is 0 Å². The lowest BCUT2D eigenvalue weighted by molar-refractivity contribution is -0.132. The van der Waals surface area contributed by atoms with E-state index in [0.29, 0.717) is 31.6 Å². The lowest BCUT2D eigenvalue weighted by Gasteiger charge is -2.29. The van der Waals surface area contributed by atoms with E-state index in [1.54, 1.807) is 0 Å². The number of fused-ring (bicyclic) bond motifs is 1. The Balaban J connectivity index is 1.62. The summed E-state index contributed by atoms with van der Waals surface area (Å²) in [6.45, 7) is 5.58. The maximum atomic E-state index is 12.6. The van der Waals surface area contributed by atoms with Gasteiger partial charge in [0.15, 0.2) is 0 Å². The molecule has 0 N–H and O–H groups in total. The number of hydrogen-bond acceptors (Lipinski definition) is 3. The Morgan fingerprint density at radius 2 is 1.71 bits per heavy atom. The van der Waals surface area contributed by atoms with Crippen LogP contribution in [0.5, 0.6) is 0 Å². The van der Waals surface area contributed by atoms with Gasteiger partial charge in [0.1, 0.15) is 0 Å². The lowest BCUT2D eigenvalue weighted by atomic mass is 9.99. The second-order valence-corrected chi connectivity index (χ2v) is 9.53. The van der Waals surface area contributed by atoms with Gasteiger partial charge in [0.05, 0.1) is 11.9 Å². The summed E-state index contributed by atoms with van der Waals surface area (Å²) in [7, 11) is -3.41. The van der Waals surface area contributed by atoms with E-state index in [9.17, 15) is 13.2 Å². The van der Waals surface area contributed by atoms with Gasteiger partial charge in [0.2, 0.25) is 15.9 Å². The van der Waals surface area contributed by atoms with Crippen molar-refractivity contribution in [1.82, 2.24) is 4.90 Å². The van der Waals surface area contributed by atoms with Crippen molar-refractivity contribution in [2.75, 3.05) is 23.7 Å². The summed E-state index contributed by atoms with van der Waals surface area (Å²) in [4.78, 5) is 14.5. The molecule has 6 heteroatoms. The quantitative estimate of drug-likeness (QED) is 0.746. The zero-order valence-corrected chi connectivity index (χ0v) is 17.6. The second kappa shape index (κ2) is 8.35. The third-order valence-electron chi connectivity index (χ3n) is 5.13. The SMILES string of the molecule is Cc1cc(C)cc(N(CCCC(=O)N2CCc3ccccc3C2)S(C)(=O)=O)c1. The third kappa shape index (κ3) is 4.93. The Morgan fingerprint density at radius 3 is 2.36 bits per heavy atom. The first-order chi connectivity index (χ1) is 13.2. The minimum absolute atomic E-state index is 0.0865. The average molecular weight is 401 g/mol. The van der Waals surface area contributed by atoms with Crippen LogP contribution < -0.4 is 4.31 Å². The Kier molecular flexibility index (Phi) is 6.08. The number of benzene rings is 2. The molecule has 1 amide bonds. The number of amides is 1. The van der Waals surface area contributed by atoms with E-state index in [1.807, 2.05) is 49.1 Å². The smallest absolute Gasteiger partial charge is 0.232 e. The molecule has 0 fully saturated rings. The van der Waals surface area contributed by atoms with Crippen LogP contribution in [0.1, 0.15) is 35.1 Å². The summed E-state index contributed by atoms with van der Waals surface area (Å²) in [6, 6.07) is 14.0. The summed E-state index contributed by atoms with van der Waals surface area (Å²) >= 11 is 0. The molecule has 0 aliphatic carbocycles. The van der Waals surface area contributed by atoms with Crippen LogP contribution in [-0.4, -0.2) is 38.6 Å². The van der Waals surface area contributed by atoms with Crippen molar-refractivity contribution in [3.8, 4) is 0 Å². The van der Waals surface area contributed by atoms with Gasteiger partial charge in [-0.2, -0.15) is 0 Å². The summed E-state index contributed by atoms with van der Waals surface area (Å²) in [6.07, 6.45) is 2.93. The number of nitrogens with zero attached hydrogens (tertiary/aromatic N) is 2. The van der Waals surface area contributed by atoms with Gasteiger partial charge in [-0.1, -0.05) is 30.3 Å². The molecule has 1 aliphatic rings. The molecule has 2 aromatic rings. The molecule has 0 aromatic heterocycles. The maximum Gasteiger partial charge on any atom is 0.232 e. The molecular weight excluding hydrogens is 372 g/mol. The number of hydrogen-bond donors (Lipinski definition) is 0. The van der Waals surface area contributed by atoms with Gasteiger partial charge >= 0.3 is 0 Å². The summed E-state index contributed by atoms with van der Waals surface area (Å²) < 4.78 is 26.0. The van der Waals surface area contributed by atoms with Gasteiger partial charge < -0.3 is 4.90 Å². The average Bonchev–Trinajstić information content (AvgIpc) is 2.62. The first-order valence-electron chi connectivity index (χ1n) is 9.64. The van der Waals surface area contributed by atoms with Crippen LogP contribution in [0, 0.1) is 13.8 Å². The highest BCUT2D eigenvalue weighted by Crippen LogP contribution is 2.23. The molecule has 5 nitrogen and oxygen atoms in total. The predicted octanol–water partition coefficient (Wildman–Crippen LogP) is 3.43. The van der Waals surface area contributed by atoms with E-state index in [-0.39, 0.29) is 5.91 Å². The van der Waals surface area contributed by atoms with Crippen LogP contribution >= 0.6 is 0 Å². The number of anilines is 1. The van der Waals surface area contributed by atoms with Crippen molar-refractivity contribution >= 4 is 21.6 Å². The van der Waals surface area contributed by atoms with E-state index in [4.69, 9.17) is 0 Å². The number of carbonyl (C=O) groups is 1. The van der Waals surface area contributed by atoms with Gasteiger partial charge in [-0.05, 0) is 61.1 Å². The fraction of sp³-hybridized carbons (Fsp3) is 0.409. The van der Waals surface area contributed by atoms with E-state index in [2.05, 4.69) is 12.1 Å². The highest BCUT2D eigenvalue weighted by Gasteiger charge is 2.22. The Morgan fingerprint density at radius 1 is 1.07 bits per heavy atom. The normalized spacial score (nSPS) is 13.9. The second-order valence-electron chi connectivity index (χ2n) is 7.62. The van der Waals surface area contributed by atoms with Crippen LogP contribution in [0.25, 0.3) is 0 Å².